The molecule has 0 aliphatic rings. The number of nitrogens with zero attached hydrogens (tertiary/aromatic N) is 1. The molecule has 7 nitrogen and oxygen atoms in total. The molecule has 0 fully saturated rings. The molecule has 0 aliphatic carbocycles. The molecular weight excluding hydrogens is 286 g/mol. The van der Waals surface area contributed by atoms with Crippen LogP contribution in [-0.2, 0) is 14.4 Å². The zero-order chi connectivity index (χ0) is 17.6. The third-order valence-electron chi connectivity index (χ3n) is 3.66. The maximum Gasteiger partial charge on any atom is 0.240 e. The summed E-state index contributed by atoms with van der Waals surface area (Å²) in [5, 5.41) is 13.0. The number of aliphatic hydroxyl groups excluding tert-OH is 1. The van der Waals surface area contributed by atoms with Crippen molar-refractivity contribution in [2.24, 2.45) is 17.6 Å². The lowest BCUT2D eigenvalue weighted by Gasteiger charge is -2.32. The second kappa shape index (κ2) is 8.85. The molecule has 0 radical (unpaired) electrons. The third kappa shape index (κ3) is 6.11. The lowest BCUT2D eigenvalue weighted by atomic mass is 9.92. The van der Waals surface area contributed by atoms with Gasteiger partial charge >= 0.3 is 0 Å². The van der Waals surface area contributed by atoms with Gasteiger partial charge in [-0.3, -0.25) is 19.3 Å². The fraction of sp³-hybridized carbons (Fsp3) is 0.800. The Morgan fingerprint density at radius 3 is 2.00 bits per heavy atom. The molecule has 4 atom stereocenters. The van der Waals surface area contributed by atoms with Crippen LogP contribution in [0.2, 0.25) is 0 Å². The van der Waals surface area contributed by atoms with Crippen molar-refractivity contribution >= 4 is 17.6 Å². The van der Waals surface area contributed by atoms with E-state index in [1.54, 1.807) is 25.9 Å². The second-order valence-electron chi connectivity index (χ2n) is 6.39. The first-order valence-electron chi connectivity index (χ1n) is 7.42. The molecule has 0 aromatic heterocycles. The van der Waals surface area contributed by atoms with Gasteiger partial charge in [-0.25, -0.2) is 0 Å². The maximum absolute atomic E-state index is 12.5. The van der Waals surface area contributed by atoms with Crippen molar-refractivity contribution in [3.05, 3.63) is 0 Å². The van der Waals surface area contributed by atoms with E-state index in [1.807, 2.05) is 13.8 Å². The molecule has 0 aromatic carbocycles. The highest BCUT2D eigenvalue weighted by atomic mass is 16.3. The van der Waals surface area contributed by atoms with E-state index in [0.29, 0.717) is 0 Å². The van der Waals surface area contributed by atoms with Gasteiger partial charge in [-0.1, -0.05) is 20.8 Å². The number of nitrogens with two attached hydrogens (primary N) is 1. The molecule has 0 aromatic rings. The number of aliphatic hydroxyl groups is 1. The highest BCUT2D eigenvalue weighted by Crippen LogP contribution is 2.15. The van der Waals surface area contributed by atoms with Crippen molar-refractivity contribution in [3.63, 3.8) is 0 Å². The topological polar surface area (TPSA) is 113 Å². The van der Waals surface area contributed by atoms with E-state index in [-0.39, 0.29) is 18.1 Å². The van der Waals surface area contributed by atoms with E-state index < -0.39 is 35.9 Å². The summed E-state index contributed by atoms with van der Waals surface area (Å²) in [6, 6.07) is -1.47. The fourth-order valence-corrected chi connectivity index (χ4v) is 2.42. The number of carbonyl (C=O) groups is 3. The van der Waals surface area contributed by atoms with Gasteiger partial charge in [0.15, 0.2) is 5.78 Å². The Hall–Kier alpha value is -1.47. The van der Waals surface area contributed by atoms with E-state index in [0.717, 1.165) is 0 Å². The molecule has 7 heteroatoms. The first-order chi connectivity index (χ1) is 9.98. The third-order valence-corrected chi connectivity index (χ3v) is 3.66. The first-order valence-corrected chi connectivity index (χ1v) is 7.42. The van der Waals surface area contributed by atoms with Gasteiger partial charge in [-0.05, 0) is 32.9 Å². The Morgan fingerprint density at radius 2 is 1.68 bits per heavy atom. The van der Waals surface area contributed by atoms with Crippen LogP contribution in [0, 0.1) is 11.8 Å². The molecule has 4 N–H and O–H groups in total. The quantitative estimate of drug-likeness (QED) is 0.532. The number of rotatable bonds is 9. The Balaban J connectivity index is 5.12. The van der Waals surface area contributed by atoms with Crippen LogP contribution in [0.3, 0.4) is 0 Å². The number of nitrogens with one attached hydrogen (secondary N) is 1. The minimum absolute atomic E-state index is 0.0148. The molecule has 0 saturated carbocycles. The Morgan fingerprint density at radius 1 is 1.18 bits per heavy atom. The molecule has 0 unspecified atom stereocenters. The summed E-state index contributed by atoms with van der Waals surface area (Å²) in [4.78, 5) is 36.6. The van der Waals surface area contributed by atoms with Gasteiger partial charge in [0.2, 0.25) is 11.8 Å². The molecule has 0 saturated heterocycles. The van der Waals surface area contributed by atoms with Crippen molar-refractivity contribution in [3.8, 4) is 0 Å². The molecule has 0 bridgehead atoms. The minimum Gasteiger partial charge on any atom is -0.391 e. The Kier molecular flexibility index (Phi) is 8.26. The van der Waals surface area contributed by atoms with Gasteiger partial charge in [0, 0.05) is 6.42 Å². The summed E-state index contributed by atoms with van der Waals surface area (Å²) < 4.78 is 0. The highest BCUT2D eigenvalue weighted by Gasteiger charge is 2.35. The van der Waals surface area contributed by atoms with Gasteiger partial charge < -0.3 is 16.2 Å². The SMILES string of the molecule is CC(=O)[C@H](NC(=O)[C@@H]([C@H](O)[C@H](C)CC(N)=O)N(C)C)C(C)C. The smallest absolute Gasteiger partial charge is 0.240 e. The van der Waals surface area contributed by atoms with E-state index in [9.17, 15) is 19.5 Å². The van der Waals surface area contributed by atoms with E-state index >= 15 is 0 Å². The van der Waals surface area contributed by atoms with Crippen LogP contribution >= 0.6 is 0 Å². The van der Waals surface area contributed by atoms with Crippen LogP contribution in [-0.4, -0.2) is 59.9 Å². The number of likely N-dealkylation sites (N-methyl/N-ethyl adjacent to an activating group) is 1. The molecule has 2 amide bonds. The lowest BCUT2D eigenvalue weighted by molar-refractivity contribution is -0.135. The molecule has 0 heterocycles. The van der Waals surface area contributed by atoms with Gasteiger partial charge in [-0.2, -0.15) is 0 Å². The van der Waals surface area contributed by atoms with Crippen LogP contribution in [0.15, 0.2) is 0 Å². The van der Waals surface area contributed by atoms with Crippen LogP contribution in [0.1, 0.15) is 34.1 Å². The predicted molar refractivity (Wildman–Crippen MR) is 83.9 cm³/mol. The number of primary amides is 1. The zero-order valence-corrected chi connectivity index (χ0v) is 14.3. The van der Waals surface area contributed by atoms with Crippen molar-refractivity contribution in [2.75, 3.05) is 14.1 Å². The summed E-state index contributed by atoms with van der Waals surface area (Å²) in [7, 11) is 3.31. The molecular formula is C15H29N3O4. The van der Waals surface area contributed by atoms with E-state index in [1.165, 1.54) is 6.92 Å². The molecule has 22 heavy (non-hydrogen) atoms. The van der Waals surface area contributed by atoms with Crippen LogP contribution < -0.4 is 11.1 Å². The monoisotopic (exact) mass is 315 g/mol. The number of ketones is 1. The molecule has 0 rings (SSSR count). The number of carbonyl (C=O) groups excluding carboxylic acids is 3. The van der Waals surface area contributed by atoms with Crippen LogP contribution in [0.25, 0.3) is 0 Å². The van der Waals surface area contributed by atoms with Gasteiger partial charge in [0.05, 0.1) is 12.1 Å². The average molecular weight is 315 g/mol. The van der Waals surface area contributed by atoms with Gasteiger partial charge in [-0.15, -0.1) is 0 Å². The maximum atomic E-state index is 12.5. The summed E-state index contributed by atoms with van der Waals surface area (Å²) >= 11 is 0. The van der Waals surface area contributed by atoms with Gasteiger partial charge in [0.25, 0.3) is 0 Å². The lowest BCUT2D eigenvalue weighted by Crippen LogP contribution is -2.56. The Bertz CT molecular complexity index is 410. The largest absolute Gasteiger partial charge is 0.391 e. The first kappa shape index (κ1) is 20.5. The zero-order valence-electron chi connectivity index (χ0n) is 14.3. The van der Waals surface area contributed by atoms with Crippen LogP contribution in [0.5, 0.6) is 0 Å². The van der Waals surface area contributed by atoms with Crippen LogP contribution in [0.4, 0.5) is 0 Å². The van der Waals surface area contributed by atoms with Crippen molar-refractivity contribution in [1.82, 2.24) is 10.2 Å². The average Bonchev–Trinajstić information content (AvgIpc) is 2.33. The molecule has 0 aliphatic heterocycles. The Labute approximate surface area is 132 Å². The summed E-state index contributed by atoms with van der Waals surface area (Å²) in [6.45, 7) is 6.75. The normalized spacial score (nSPS) is 17.0. The van der Waals surface area contributed by atoms with E-state index in [4.69, 9.17) is 5.73 Å². The van der Waals surface area contributed by atoms with Crippen molar-refractivity contribution < 1.29 is 19.5 Å². The summed E-state index contributed by atoms with van der Waals surface area (Å²) in [5.41, 5.74) is 5.13. The number of Topliss-reactive ketones (excluding diaryl/α,β-unsaturated/α-hetero) is 1. The van der Waals surface area contributed by atoms with Crippen molar-refractivity contribution in [2.45, 2.75) is 52.3 Å². The summed E-state index contributed by atoms with van der Waals surface area (Å²) in [6.07, 6.45) is -1.08. The van der Waals surface area contributed by atoms with E-state index in [2.05, 4.69) is 5.32 Å². The number of amides is 2. The standard InChI is InChI=1S/C15H29N3O4/c1-8(2)12(10(4)19)17-15(22)13(18(5)6)14(21)9(3)7-11(16)20/h8-9,12-14,21H,7H2,1-6H3,(H2,16,20)(H,17,22)/t9-,12-,13-,14-/m1/s1. The molecule has 128 valence electrons. The second-order valence-corrected chi connectivity index (χ2v) is 6.39. The summed E-state index contributed by atoms with van der Waals surface area (Å²) in [5.74, 6) is -1.63. The highest BCUT2D eigenvalue weighted by molar-refractivity contribution is 5.90. The minimum atomic E-state index is -1.07. The number of hydrogen-bond donors (Lipinski definition) is 3. The van der Waals surface area contributed by atoms with Gasteiger partial charge in [0.1, 0.15) is 6.04 Å². The molecule has 0 spiro atoms. The predicted octanol–water partition coefficient (Wildman–Crippen LogP) is -0.481. The number of hydrogen-bond acceptors (Lipinski definition) is 5. The fourth-order valence-electron chi connectivity index (χ4n) is 2.42. The van der Waals surface area contributed by atoms with Crippen molar-refractivity contribution in [1.29, 1.82) is 0 Å².